The third-order valence-electron chi connectivity index (χ3n) is 1.27. The highest BCUT2D eigenvalue weighted by atomic mass is 16.3. The predicted octanol–water partition coefficient (Wildman–Crippen LogP) is -1.14. The Morgan fingerprint density at radius 2 is 2.40 bits per heavy atom. The standard InChI is InChI=1S/C6H6BNO2/c7-6-5(10)4(3-9)1-2-8-6/h1-3,10H,7H2. The van der Waals surface area contributed by atoms with Crippen LogP contribution in [0.4, 0.5) is 0 Å². The van der Waals surface area contributed by atoms with Gasteiger partial charge in [-0.05, 0) is 6.07 Å². The molecule has 0 spiro atoms. The summed E-state index contributed by atoms with van der Waals surface area (Å²) < 4.78 is 0. The van der Waals surface area contributed by atoms with Gasteiger partial charge in [-0.1, -0.05) is 0 Å². The van der Waals surface area contributed by atoms with Gasteiger partial charge in [-0.25, -0.2) is 0 Å². The van der Waals surface area contributed by atoms with Crippen molar-refractivity contribution in [3.63, 3.8) is 0 Å². The molecule has 10 heavy (non-hydrogen) atoms. The summed E-state index contributed by atoms with van der Waals surface area (Å²) in [6.45, 7) is 0. The van der Waals surface area contributed by atoms with Gasteiger partial charge < -0.3 is 5.11 Å². The molecule has 0 aliphatic heterocycles. The minimum atomic E-state index is -0.0301. The second-order valence-electron chi connectivity index (χ2n) is 1.95. The molecule has 0 aromatic carbocycles. The molecule has 50 valence electrons. The number of pyridine rings is 1. The molecule has 0 atom stereocenters. The van der Waals surface area contributed by atoms with Crippen LogP contribution in [0.5, 0.6) is 5.75 Å². The molecule has 0 unspecified atom stereocenters. The molecule has 0 aliphatic carbocycles. The van der Waals surface area contributed by atoms with Crippen molar-refractivity contribution >= 4 is 19.7 Å². The lowest BCUT2D eigenvalue weighted by Crippen LogP contribution is -2.09. The van der Waals surface area contributed by atoms with Crippen LogP contribution in [0.2, 0.25) is 0 Å². The van der Waals surface area contributed by atoms with Crippen molar-refractivity contribution in [2.75, 3.05) is 0 Å². The van der Waals surface area contributed by atoms with Crippen LogP contribution in [0.15, 0.2) is 12.3 Å². The van der Waals surface area contributed by atoms with Crippen LogP contribution in [0, 0.1) is 0 Å². The van der Waals surface area contributed by atoms with Crippen molar-refractivity contribution in [2.45, 2.75) is 0 Å². The highest BCUT2D eigenvalue weighted by Gasteiger charge is 2.00. The maximum Gasteiger partial charge on any atom is 0.168 e. The number of aromatic nitrogens is 1. The Balaban J connectivity index is 3.27. The number of hydrogen-bond donors (Lipinski definition) is 1. The van der Waals surface area contributed by atoms with E-state index >= 15 is 0 Å². The molecule has 0 saturated carbocycles. The zero-order valence-corrected chi connectivity index (χ0v) is 5.53. The van der Waals surface area contributed by atoms with Gasteiger partial charge in [-0.2, -0.15) is 0 Å². The summed E-state index contributed by atoms with van der Waals surface area (Å²) in [5, 5.41) is 9.10. The molecule has 0 radical (unpaired) electrons. The summed E-state index contributed by atoms with van der Waals surface area (Å²) in [4.78, 5) is 14.0. The van der Waals surface area contributed by atoms with E-state index in [1.54, 1.807) is 7.85 Å². The van der Waals surface area contributed by atoms with Crippen molar-refractivity contribution < 1.29 is 9.90 Å². The van der Waals surface area contributed by atoms with Crippen LogP contribution >= 0.6 is 0 Å². The first-order valence-electron chi connectivity index (χ1n) is 2.85. The van der Waals surface area contributed by atoms with E-state index in [0.29, 0.717) is 11.9 Å². The molecule has 0 saturated heterocycles. The number of hydrogen-bond acceptors (Lipinski definition) is 3. The van der Waals surface area contributed by atoms with E-state index in [2.05, 4.69) is 4.98 Å². The topological polar surface area (TPSA) is 50.2 Å². The normalized spacial score (nSPS) is 9.20. The molecule has 0 fully saturated rings. The lowest BCUT2D eigenvalue weighted by Gasteiger charge is -1.97. The van der Waals surface area contributed by atoms with E-state index in [1.165, 1.54) is 12.3 Å². The van der Waals surface area contributed by atoms with E-state index in [4.69, 9.17) is 5.11 Å². The summed E-state index contributed by atoms with van der Waals surface area (Å²) in [7, 11) is 1.64. The molecule has 1 aromatic rings. The largest absolute Gasteiger partial charge is 0.506 e. The van der Waals surface area contributed by atoms with Gasteiger partial charge in [0, 0.05) is 11.8 Å². The monoisotopic (exact) mass is 135 g/mol. The average Bonchev–Trinajstić information content (AvgIpc) is 1.95. The average molecular weight is 135 g/mol. The van der Waals surface area contributed by atoms with E-state index in [9.17, 15) is 4.79 Å². The molecule has 1 N–H and O–H groups in total. The Morgan fingerprint density at radius 3 is 2.90 bits per heavy atom. The summed E-state index contributed by atoms with van der Waals surface area (Å²) in [6.07, 6.45) is 2.09. The van der Waals surface area contributed by atoms with Crippen LogP contribution < -0.4 is 5.59 Å². The second kappa shape index (κ2) is 2.52. The van der Waals surface area contributed by atoms with E-state index in [0.717, 1.165) is 0 Å². The van der Waals surface area contributed by atoms with Crippen LogP contribution in [-0.2, 0) is 0 Å². The number of nitrogens with zero attached hydrogens (tertiary/aromatic N) is 1. The molecule has 0 bridgehead atoms. The molecule has 4 heteroatoms. The number of carbonyl (C=O) groups is 1. The van der Waals surface area contributed by atoms with Gasteiger partial charge >= 0.3 is 0 Å². The maximum atomic E-state index is 10.2. The highest BCUT2D eigenvalue weighted by Crippen LogP contribution is 2.06. The minimum absolute atomic E-state index is 0.0301. The SMILES string of the molecule is Bc1nccc(C=O)c1O. The van der Waals surface area contributed by atoms with Gasteiger partial charge in [0.2, 0.25) is 0 Å². The van der Waals surface area contributed by atoms with Crippen molar-refractivity contribution in [1.82, 2.24) is 4.98 Å². The lowest BCUT2D eigenvalue weighted by molar-refractivity contribution is 0.112. The maximum absolute atomic E-state index is 10.2. The zero-order chi connectivity index (χ0) is 7.56. The summed E-state index contributed by atoms with van der Waals surface area (Å²) >= 11 is 0. The van der Waals surface area contributed by atoms with E-state index in [-0.39, 0.29) is 11.3 Å². The van der Waals surface area contributed by atoms with Crippen molar-refractivity contribution in [3.8, 4) is 5.75 Å². The number of aromatic hydroxyl groups is 1. The van der Waals surface area contributed by atoms with Crippen LogP contribution in [-0.4, -0.2) is 24.2 Å². The molecule has 0 amide bonds. The Morgan fingerprint density at radius 1 is 1.70 bits per heavy atom. The first-order chi connectivity index (χ1) is 4.75. The summed E-state index contributed by atoms with van der Waals surface area (Å²) in [5.74, 6) is -0.0301. The zero-order valence-electron chi connectivity index (χ0n) is 5.53. The van der Waals surface area contributed by atoms with Crippen LogP contribution in [0.1, 0.15) is 10.4 Å². The van der Waals surface area contributed by atoms with Crippen LogP contribution in [0.3, 0.4) is 0 Å². The predicted molar refractivity (Wildman–Crippen MR) is 39.5 cm³/mol. The van der Waals surface area contributed by atoms with E-state index < -0.39 is 0 Å². The van der Waals surface area contributed by atoms with Crippen molar-refractivity contribution in [1.29, 1.82) is 0 Å². The minimum Gasteiger partial charge on any atom is -0.506 e. The molecular weight excluding hydrogens is 129 g/mol. The van der Waals surface area contributed by atoms with E-state index in [1.807, 2.05) is 0 Å². The third-order valence-corrected chi connectivity index (χ3v) is 1.27. The van der Waals surface area contributed by atoms with Crippen molar-refractivity contribution in [2.24, 2.45) is 0 Å². The Hall–Kier alpha value is -1.32. The summed E-state index contributed by atoms with van der Waals surface area (Å²) in [5.41, 5.74) is 0.761. The number of carbonyl (C=O) groups excluding carboxylic acids is 1. The first-order valence-corrected chi connectivity index (χ1v) is 2.85. The second-order valence-corrected chi connectivity index (χ2v) is 1.95. The van der Waals surface area contributed by atoms with Gasteiger partial charge in [0.25, 0.3) is 0 Å². The quantitative estimate of drug-likeness (QED) is 0.391. The molecular formula is C6H6BNO2. The fourth-order valence-electron chi connectivity index (χ4n) is 0.673. The highest BCUT2D eigenvalue weighted by molar-refractivity contribution is 6.33. The third kappa shape index (κ3) is 1.00. The molecule has 1 aromatic heterocycles. The molecule has 0 aliphatic rings. The number of rotatable bonds is 1. The molecule has 1 heterocycles. The smallest absolute Gasteiger partial charge is 0.168 e. The molecule has 3 nitrogen and oxygen atoms in total. The van der Waals surface area contributed by atoms with Gasteiger partial charge in [0.15, 0.2) is 14.1 Å². The summed E-state index contributed by atoms with van der Waals surface area (Å²) in [6, 6.07) is 1.47. The van der Waals surface area contributed by atoms with Gasteiger partial charge in [0.05, 0.1) is 5.56 Å². The van der Waals surface area contributed by atoms with Crippen molar-refractivity contribution in [3.05, 3.63) is 17.8 Å². The van der Waals surface area contributed by atoms with Gasteiger partial charge in [0.1, 0.15) is 5.75 Å². The van der Waals surface area contributed by atoms with Gasteiger partial charge in [-0.3, -0.25) is 9.78 Å². The Labute approximate surface area is 59.1 Å². The number of aldehydes is 1. The Kier molecular flexibility index (Phi) is 1.71. The fraction of sp³-hybridized carbons (Fsp3) is 0. The fourth-order valence-corrected chi connectivity index (χ4v) is 0.673. The first kappa shape index (κ1) is 6.80. The van der Waals surface area contributed by atoms with Gasteiger partial charge in [-0.15, -0.1) is 0 Å². The van der Waals surface area contributed by atoms with Crippen LogP contribution in [0.25, 0.3) is 0 Å². The molecule has 1 rings (SSSR count). The Bertz CT molecular complexity index is 262. The lowest BCUT2D eigenvalue weighted by atomic mass is 10.0.